The minimum Gasteiger partial charge on any atom is -0.468 e. The maximum atomic E-state index is 12.1. The monoisotopic (exact) mass is 304 g/mol. The van der Waals surface area contributed by atoms with Crippen LogP contribution in [-0.2, 0) is 14.9 Å². The lowest BCUT2D eigenvalue weighted by Gasteiger charge is -2.16. The van der Waals surface area contributed by atoms with Gasteiger partial charge >= 0.3 is 5.97 Å². The van der Waals surface area contributed by atoms with Gasteiger partial charge in [0, 0.05) is 10.0 Å². The number of ether oxygens (including phenoxy) is 1. The zero-order valence-electron chi connectivity index (χ0n) is 10.5. The summed E-state index contributed by atoms with van der Waals surface area (Å²) in [4.78, 5) is 12.1. The molecule has 2 nitrogen and oxygen atoms in total. The van der Waals surface area contributed by atoms with Crippen molar-refractivity contribution < 1.29 is 9.53 Å². The number of rotatable bonds is 2. The van der Waals surface area contributed by atoms with Gasteiger partial charge in [0.25, 0.3) is 0 Å². The number of halogens is 1. The van der Waals surface area contributed by atoms with Crippen LogP contribution >= 0.6 is 15.9 Å². The van der Waals surface area contributed by atoms with Crippen LogP contribution in [0.15, 0.2) is 39.9 Å². The lowest BCUT2D eigenvalue weighted by atomic mass is 9.88. The molecule has 18 heavy (non-hydrogen) atoms. The molecule has 1 aromatic carbocycles. The van der Waals surface area contributed by atoms with E-state index in [4.69, 9.17) is 4.74 Å². The van der Waals surface area contributed by atoms with Gasteiger partial charge in [0.05, 0.1) is 7.11 Å². The summed E-state index contributed by atoms with van der Waals surface area (Å²) < 4.78 is 5.93. The zero-order chi connectivity index (χ0) is 13.3. The molecule has 2 rings (SSSR count). The van der Waals surface area contributed by atoms with Gasteiger partial charge in [-0.25, -0.2) is 0 Å². The molecule has 0 aromatic heterocycles. The zero-order valence-corrected chi connectivity index (χ0v) is 12.1. The van der Waals surface area contributed by atoms with E-state index in [-0.39, 0.29) is 5.97 Å². The molecule has 0 spiro atoms. The molecule has 0 aliphatic heterocycles. The maximum absolute atomic E-state index is 12.1. The van der Waals surface area contributed by atoms with E-state index in [0.717, 1.165) is 21.2 Å². The molecule has 0 radical (unpaired) electrons. The largest absolute Gasteiger partial charge is 0.468 e. The quantitative estimate of drug-likeness (QED) is 0.619. The molecular weight excluding hydrogens is 292 g/mol. The van der Waals surface area contributed by atoms with Crippen molar-refractivity contribution in [1.29, 1.82) is 0 Å². The smallest absolute Gasteiger partial charge is 0.325 e. The second kappa shape index (κ2) is 4.62. The standard InChI is InChI=1S/C15H13BrO2/c1-4-5-13-10(2)15(13,14(17)18-3)11-6-8-12(16)9-7-11/h6-9H,1-3H3/t15-/m1/s1. The Hall–Kier alpha value is -1.53. The molecule has 0 bridgehead atoms. The Kier molecular flexibility index (Phi) is 3.32. The minimum absolute atomic E-state index is 0.264. The third kappa shape index (κ3) is 1.69. The number of hydrogen-bond acceptors (Lipinski definition) is 2. The van der Waals surface area contributed by atoms with E-state index in [0.29, 0.717) is 0 Å². The molecule has 3 heteroatoms. The Balaban J connectivity index is 2.50. The highest BCUT2D eigenvalue weighted by atomic mass is 79.9. The second-order valence-corrected chi connectivity index (χ2v) is 5.04. The van der Waals surface area contributed by atoms with E-state index in [9.17, 15) is 4.79 Å². The van der Waals surface area contributed by atoms with Crippen molar-refractivity contribution in [1.82, 2.24) is 0 Å². The summed E-state index contributed by atoms with van der Waals surface area (Å²) in [7, 11) is 1.41. The second-order valence-electron chi connectivity index (χ2n) is 4.12. The van der Waals surface area contributed by atoms with Gasteiger partial charge in [-0.05, 0) is 37.1 Å². The molecule has 1 atom stereocenters. The fourth-order valence-electron chi connectivity index (χ4n) is 2.31. The molecule has 0 amide bonds. The van der Waals surface area contributed by atoms with Crippen molar-refractivity contribution in [3.8, 4) is 11.8 Å². The molecule has 1 aliphatic carbocycles. The maximum Gasteiger partial charge on any atom is 0.325 e. The first kappa shape index (κ1) is 12.9. The Morgan fingerprint density at radius 1 is 1.33 bits per heavy atom. The first-order valence-electron chi connectivity index (χ1n) is 5.58. The highest BCUT2D eigenvalue weighted by Gasteiger charge is 2.58. The van der Waals surface area contributed by atoms with Crippen molar-refractivity contribution >= 4 is 21.9 Å². The first-order valence-corrected chi connectivity index (χ1v) is 6.37. The Labute approximate surface area is 115 Å². The molecule has 0 heterocycles. The van der Waals surface area contributed by atoms with Gasteiger partial charge < -0.3 is 4.74 Å². The van der Waals surface area contributed by atoms with Crippen LogP contribution in [0.1, 0.15) is 19.4 Å². The van der Waals surface area contributed by atoms with E-state index >= 15 is 0 Å². The topological polar surface area (TPSA) is 26.3 Å². The highest BCUT2D eigenvalue weighted by Crippen LogP contribution is 2.54. The molecule has 1 aromatic rings. The van der Waals surface area contributed by atoms with Gasteiger partial charge in [-0.15, -0.1) is 5.92 Å². The number of hydrogen-bond donors (Lipinski definition) is 0. The van der Waals surface area contributed by atoms with Crippen LogP contribution in [0.25, 0.3) is 0 Å². The predicted molar refractivity (Wildman–Crippen MR) is 74.0 cm³/mol. The summed E-state index contributed by atoms with van der Waals surface area (Å²) >= 11 is 3.39. The van der Waals surface area contributed by atoms with Gasteiger partial charge in [-0.1, -0.05) is 34.0 Å². The summed E-state index contributed by atoms with van der Waals surface area (Å²) in [5.41, 5.74) is 2.00. The lowest BCUT2D eigenvalue weighted by Crippen LogP contribution is -2.27. The van der Waals surface area contributed by atoms with Gasteiger partial charge in [-0.3, -0.25) is 4.79 Å². The highest BCUT2D eigenvalue weighted by molar-refractivity contribution is 9.10. The molecule has 0 saturated carbocycles. The number of carbonyl (C=O) groups excluding carboxylic acids is 1. The predicted octanol–water partition coefficient (Wildman–Crippen LogP) is 3.21. The minimum atomic E-state index is -0.752. The van der Waals surface area contributed by atoms with Gasteiger partial charge in [0.1, 0.15) is 5.41 Å². The van der Waals surface area contributed by atoms with Crippen molar-refractivity contribution in [2.24, 2.45) is 0 Å². The van der Waals surface area contributed by atoms with Crippen molar-refractivity contribution in [3.05, 3.63) is 45.4 Å². The summed E-state index contributed by atoms with van der Waals surface area (Å²) in [6.07, 6.45) is 0. The summed E-state index contributed by atoms with van der Waals surface area (Å²) in [5, 5.41) is 0. The van der Waals surface area contributed by atoms with Crippen LogP contribution in [0.3, 0.4) is 0 Å². The Bertz CT molecular complexity index is 587. The van der Waals surface area contributed by atoms with E-state index in [2.05, 4.69) is 27.8 Å². The third-order valence-corrected chi connectivity index (χ3v) is 3.80. The first-order chi connectivity index (χ1) is 8.58. The summed E-state index contributed by atoms with van der Waals surface area (Å²) in [6, 6.07) is 7.69. The molecule has 0 unspecified atom stereocenters. The van der Waals surface area contributed by atoms with Crippen LogP contribution in [0.5, 0.6) is 0 Å². The molecule has 1 aliphatic rings. The Morgan fingerprint density at radius 2 is 1.94 bits per heavy atom. The fraction of sp³-hybridized carbons (Fsp3) is 0.267. The lowest BCUT2D eigenvalue weighted by molar-refractivity contribution is -0.143. The number of methoxy groups -OCH3 is 1. The average molecular weight is 305 g/mol. The number of carbonyl (C=O) groups is 1. The van der Waals surface area contributed by atoms with Crippen LogP contribution < -0.4 is 0 Å². The van der Waals surface area contributed by atoms with Crippen LogP contribution in [0.2, 0.25) is 0 Å². The van der Waals surface area contributed by atoms with Crippen molar-refractivity contribution in [3.63, 3.8) is 0 Å². The van der Waals surface area contributed by atoms with Gasteiger partial charge in [-0.2, -0.15) is 0 Å². The van der Waals surface area contributed by atoms with Crippen molar-refractivity contribution in [2.45, 2.75) is 19.3 Å². The third-order valence-electron chi connectivity index (χ3n) is 3.27. The SMILES string of the molecule is CC#CC1=C(C)[C@@]1(C(=O)OC)c1ccc(Br)cc1. The molecule has 0 N–H and O–H groups in total. The normalized spacial score (nSPS) is 21.1. The molecule has 0 fully saturated rings. The van der Waals surface area contributed by atoms with Gasteiger partial charge in [0.15, 0.2) is 0 Å². The van der Waals surface area contributed by atoms with Crippen LogP contribution in [-0.4, -0.2) is 13.1 Å². The van der Waals surface area contributed by atoms with E-state index in [1.54, 1.807) is 6.92 Å². The molecule has 92 valence electrons. The number of benzene rings is 1. The number of esters is 1. The van der Waals surface area contributed by atoms with E-state index < -0.39 is 5.41 Å². The summed E-state index contributed by atoms with van der Waals surface area (Å²) in [6.45, 7) is 3.70. The van der Waals surface area contributed by atoms with Gasteiger partial charge in [0.2, 0.25) is 0 Å². The molecule has 0 saturated heterocycles. The average Bonchev–Trinajstić information content (AvgIpc) is 2.96. The van der Waals surface area contributed by atoms with Crippen molar-refractivity contribution in [2.75, 3.05) is 7.11 Å². The Morgan fingerprint density at radius 3 is 2.44 bits per heavy atom. The van der Waals surface area contributed by atoms with E-state index in [1.165, 1.54) is 7.11 Å². The van der Waals surface area contributed by atoms with E-state index in [1.807, 2.05) is 31.2 Å². The van der Waals surface area contributed by atoms with Crippen LogP contribution in [0.4, 0.5) is 0 Å². The molecular formula is C15H13BrO2. The fourth-order valence-corrected chi connectivity index (χ4v) is 2.57. The van der Waals surface area contributed by atoms with Crippen LogP contribution in [0, 0.1) is 11.8 Å². The summed E-state index contributed by atoms with van der Waals surface area (Å²) in [5.74, 6) is 5.59.